The largest absolute Gasteiger partial charge is 0.480 e. The summed E-state index contributed by atoms with van der Waals surface area (Å²) in [5.41, 5.74) is 6.47. The number of carbonyl (C=O) groups is 2. The first-order valence-corrected chi connectivity index (χ1v) is 6.37. The second-order valence-electron chi connectivity index (χ2n) is 5.12. The molecule has 1 aromatic rings. The fourth-order valence-electron chi connectivity index (χ4n) is 2.44. The molecule has 102 valence electrons. The molecule has 5 nitrogen and oxygen atoms in total. The Hall–Kier alpha value is -2.04. The minimum atomic E-state index is -1.11. The second-order valence-corrected chi connectivity index (χ2v) is 5.12. The summed E-state index contributed by atoms with van der Waals surface area (Å²) in [6.07, 6.45) is 2.61. The number of aliphatic carboxylic acids is 1. The summed E-state index contributed by atoms with van der Waals surface area (Å²) in [7, 11) is 0. The van der Waals surface area contributed by atoms with Crippen molar-refractivity contribution in [3.8, 4) is 0 Å². The minimum Gasteiger partial charge on any atom is -0.480 e. The molecular formula is C14H18N2O3. The summed E-state index contributed by atoms with van der Waals surface area (Å²) in [6, 6.07) is 4.99. The Labute approximate surface area is 111 Å². The van der Waals surface area contributed by atoms with Gasteiger partial charge in [-0.2, -0.15) is 0 Å². The highest BCUT2D eigenvalue weighted by atomic mass is 16.4. The van der Waals surface area contributed by atoms with Crippen molar-refractivity contribution in [3.63, 3.8) is 0 Å². The van der Waals surface area contributed by atoms with Gasteiger partial charge >= 0.3 is 5.97 Å². The predicted octanol–water partition coefficient (Wildman–Crippen LogP) is 1.70. The molecule has 19 heavy (non-hydrogen) atoms. The van der Waals surface area contributed by atoms with Crippen molar-refractivity contribution in [2.75, 3.05) is 5.73 Å². The average Bonchev–Trinajstić information content (AvgIpc) is 2.82. The molecule has 1 aliphatic rings. The van der Waals surface area contributed by atoms with Gasteiger partial charge in [-0.15, -0.1) is 0 Å². The van der Waals surface area contributed by atoms with Crippen LogP contribution in [0.5, 0.6) is 0 Å². The normalized spacial score (nSPS) is 17.1. The van der Waals surface area contributed by atoms with E-state index >= 15 is 0 Å². The summed E-state index contributed by atoms with van der Waals surface area (Å²) < 4.78 is 0. The quantitative estimate of drug-likeness (QED) is 0.723. The third-order valence-corrected chi connectivity index (χ3v) is 3.76. The van der Waals surface area contributed by atoms with Gasteiger partial charge in [-0.05, 0) is 37.5 Å². The Morgan fingerprint density at radius 2 is 1.95 bits per heavy atom. The molecule has 0 saturated heterocycles. The number of carboxylic acid groups (broad SMARTS) is 1. The fraction of sp³-hybridized carbons (Fsp3) is 0.429. The van der Waals surface area contributed by atoms with Crippen LogP contribution in [0.2, 0.25) is 0 Å². The van der Waals surface area contributed by atoms with Gasteiger partial charge < -0.3 is 16.2 Å². The van der Waals surface area contributed by atoms with E-state index in [9.17, 15) is 14.7 Å². The van der Waals surface area contributed by atoms with E-state index in [-0.39, 0.29) is 5.91 Å². The SMILES string of the molecule is Cc1ccc(C(=O)NC2(C(=O)O)CCCC2)cc1N. The highest BCUT2D eigenvalue weighted by Gasteiger charge is 2.42. The summed E-state index contributed by atoms with van der Waals surface area (Å²) in [6.45, 7) is 1.85. The van der Waals surface area contributed by atoms with Gasteiger partial charge in [0.25, 0.3) is 5.91 Å². The lowest BCUT2D eigenvalue weighted by molar-refractivity contribution is -0.144. The number of hydrogen-bond donors (Lipinski definition) is 3. The van der Waals surface area contributed by atoms with Crippen LogP contribution in [0, 0.1) is 6.92 Å². The fourth-order valence-corrected chi connectivity index (χ4v) is 2.44. The maximum absolute atomic E-state index is 12.1. The van der Waals surface area contributed by atoms with Crippen LogP contribution in [0.3, 0.4) is 0 Å². The first kappa shape index (κ1) is 13.4. The van der Waals surface area contributed by atoms with Crippen molar-refractivity contribution < 1.29 is 14.7 Å². The molecule has 4 N–H and O–H groups in total. The van der Waals surface area contributed by atoms with E-state index in [2.05, 4.69) is 5.32 Å². The molecule has 1 fully saturated rings. The van der Waals surface area contributed by atoms with E-state index in [1.165, 1.54) is 0 Å². The molecule has 0 spiro atoms. The number of carbonyl (C=O) groups excluding carboxylic acids is 1. The number of rotatable bonds is 3. The van der Waals surface area contributed by atoms with Crippen molar-refractivity contribution in [1.29, 1.82) is 0 Å². The van der Waals surface area contributed by atoms with Crippen molar-refractivity contribution in [2.24, 2.45) is 0 Å². The maximum atomic E-state index is 12.1. The molecule has 0 radical (unpaired) electrons. The number of nitrogens with two attached hydrogens (primary N) is 1. The van der Waals surface area contributed by atoms with E-state index in [4.69, 9.17) is 5.73 Å². The van der Waals surface area contributed by atoms with Gasteiger partial charge in [0.15, 0.2) is 0 Å². The molecular weight excluding hydrogens is 244 g/mol. The predicted molar refractivity (Wildman–Crippen MR) is 71.9 cm³/mol. The molecule has 1 amide bonds. The molecule has 1 saturated carbocycles. The number of hydrogen-bond acceptors (Lipinski definition) is 3. The van der Waals surface area contributed by atoms with E-state index < -0.39 is 11.5 Å². The van der Waals surface area contributed by atoms with Gasteiger partial charge in [-0.1, -0.05) is 18.9 Å². The van der Waals surface area contributed by atoms with Crippen LogP contribution in [0.25, 0.3) is 0 Å². The smallest absolute Gasteiger partial charge is 0.329 e. The third kappa shape index (κ3) is 2.54. The number of benzene rings is 1. The number of nitrogen functional groups attached to an aromatic ring is 1. The summed E-state index contributed by atoms with van der Waals surface area (Å²) in [5, 5.41) is 12.0. The highest BCUT2D eigenvalue weighted by molar-refractivity contribution is 5.98. The van der Waals surface area contributed by atoms with Crippen molar-refractivity contribution >= 4 is 17.6 Å². The lowest BCUT2D eigenvalue weighted by atomic mass is 9.97. The second kappa shape index (κ2) is 4.91. The lowest BCUT2D eigenvalue weighted by Crippen LogP contribution is -2.52. The Morgan fingerprint density at radius 1 is 1.32 bits per heavy atom. The highest BCUT2D eigenvalue weighted by Crippen LogP contribution is 2.30. The molecule has 0 aliphatic heterocycles. The Morgan fingerprint density at radius 3 is 2.47 bits per heavy atom. The van der Waals surface area contributed by atoms with Crippen LogP contribution in [0.1, 0.15) is 41.6 Å². The van der Waals surface area contributed by atoms with Crippen molar-refractivity contribution in [3.05, 3.63) is 29.3 Å². The van der Waals surface area contributed by atoms with Crippen LogP contribution < -0.4 is 11.1 Å². The van der Waals surface area contributed by atoms with Crippen LogP contribution in [-0.2, 0) is 4.79 Å². The number of carboxylic acids is 1. The molecule has 1 aliphatic carbocycles. The third-order valence-electron chi connectivity index (χ3n) is 3.76. The van der Waals surface area contributed by atoms with Gasteiger partial charge in [-0.25, -0.2) is 4.79 Å². The monoisotopic (exact) mass is 262 g/mol. The zero-order valence-electron chi connectivity index (χ0n) is 10.9. The van der Waals surface area contributed by atoms with E-state index in [1.807, 2.05) is 6.92 Å². The van der Waals surface area contributed by atoms with Crippen LogP contribution in [0.15, 0.2) is 18.2 Å². The number of amides is 1. The van der Waals surface area contributed by atoms with Crippen LogP contribution in [-0.4, -0.2) is 22.5 Å². The Kier molecular flexibility index (Phi) is 3.46. The Bertz CT molecular complexity index is 519. The maximum Gasteiger partial charge on any atom is 0.329 e. The molecule has 0 unspecified atom stereocenters. The molecule has 2 rings (SSSR count). The molecule has 5 heteroatoms. The standard InChI is InChI=1S/C14H18N2O3/c1-9-4-5-10(8-11(9)15)12(17)16-14(13(18)19)6-2-3-7-14/h4-5,8H,2-3,6-7,15H2,1H3,(H,16,17)(H,18,19). The topological polar surface area (TPSA) is 92.4 Å². The average molecular weight is 262 g/mol. The minimum absolute atomic E-state index is 0.379. The van der Waals surface area contributed by atoms with Crippen LogP contribution in [0.4, 0.5) is 5.69 Å². The van der Waals surface area contributed by atoms with Gasteiger partial charge in [0, 0.05) is 11.3 Å². The van der Waals surface area contributed by atoms with Gasteiger partial charge in [0.1, 0.15) is 5.54 Å². The summed E-state index contributed by atoms with van der Waals surface area (Å²) in [4.78, 5) is 23.5. The molecule has 0 atom stereocenters. The van der Waals surface area contributed by atoms with Crippen molar-refractivity contribution in [2.45, 2.75) is 38.1 Å². The van der Waals surface area contributed by atoms with Crippen molar-refractivity contribution in [1.82, 2.24) is 5.32 Å². The zero-order chi connectivity index (χ0) is 14.0. The van der Waals surface area contributed by atoms with E-state index in [1.54, 1.807) is 18.2 Å². The first-order chi connectivity index (χ1) is 8.94. The first-order valence-electron chi connectivity index (χ1n) is 6.37. The van der Waals surface area contributed by atoms with Gasteiger partial charge in [-0.3, -0.25) is 4.79 Å². The summed E-state index contributed by atoms with van der Waals surface area (Å²) >= 11 is 0. The number of nitrogens with one attached hydrogen (secondary N) is 1. The van der Waals surface area contributed by atoms with Gasteiger partial charge in [0.05, 0.1) is 0 Å². The molecule has 0 aromatic heterocycles. The lowest BCUT2D eigenvalue weighted by Gasteiger charge is -2.25. The Balaban J connectivity index is 2.20. The summed E-state index contributed by atoms with van der Waals surface area (Å²) in [5.74, 6) is -1.34. The van der Waals surface area contributed by atoms with E-state index in [0.29, 0.717) is 24.1 Å². The van der Waals surface area contributed by atoms with Crippen LogP contribution >= 0.6 is 0 Å². The molecule has 1 aromatic carbocycles. The number of anilines is 1. The number of aryl methyl sites for hydroxylation is 1. The zero-order valence-corrected chi connectivity index (χ0v) is 10.9. The van der Waals surface area contributed by atoms with E-state index in [0.717, 1.165) is 18.4 Å². The van der Waals surface area contributed by atoms with Gasteiger partial charge in [0.2, 0.25) is 0 Å². The molecule has 0 heterocycles. The molecule has 0 bridgehead atoms.